The number of para-hydroxylation sites is 2. The zero-order valence-corrected chi connectivity index (χ0v) is 22.9. The van der Waals surface area contributed by atoms with E-state index >= 15 is 0 Å². The van der Waals surface area contributed by atoms with Gasteiger partial charge in [-0.1, -0.05) is 26.0 Å². The van der Waals surface area contributed by atoms with Gasteiger partial charge in [0, 0.05) is 26.2 Å². The number of likely N-dealkylation sites (N-methyl/N-ethyl adjacent to an activating group) is 2. The summed E-state index contributed by atoms with van der Waals surface area (Å²) >= 11 is 0. The predicted molar refractivity (Wildman–Crippen MR) is 144 cm³/mol. The summed E-state index contributed by atoms with van der Waals surface area (Å²) in [6.07, 6.45) is -0.0681. The Bertz CT molecular complexity index is 962. The van der Waals surface area contributed by atoms with Crippen molar-refractivity contribution < 1.29 is 38.6 Å². The highest BCUT2D eigenvalue weighted by Gasteiger charge is 2.26. The SMILES string of the molecule is CCN(CCO)CC1COc2c(OC)cccc2O1.CCN(CCO)CC1COc2cccc(OC)c2O1. The fraction of sp³-hybridized carbons (Fsp3) is 0.571. The van der Waals surface area contributed by atoms with Crippen LogP contribution in [0.4, 0.5) is 0 Å². The van der Waals surface area contributed by atoms with Gasteiger partial charge in [-0.2, -0.15) is 0 Å². The van der Waals surface area contributed by atoms with Gasteiger partial charge < -0.3 is 38.6 Å². The lowest BCUT2D eigenvalue weighted by Gasteiger charge is -2.31. The Morgan fingerprint density at radius 1 is 0.737 bits per heavy atom. The molecular formula is C28H42N2O8. The molecule has 2 unspecified atom stereocenters. The summed E-state index contributed by atoms with van der Waals surface area (Å²) in [7, 11) is 3.23. The smallest absolute Gasteiger partial charge is 0.204 e. The summed E-state index contributed by atoms with van der Waals surface area (Å²) in [5.41, 5.74) is 0. The summed E-state index contributed by atoms with van der Waals surface area (Å²) in [4.78, 5) is 4.27. The first-order chi connectivity index (χ1) is 18.6. The maximum atomic E-state index is 9.00. The number of fused-ring (bicyclic) bond motifs is 2. The van der Waals surface area contributed by atoms with Crippen molar-refractivity contribution in [1.82, 2.24) is 9.80 Å². The van der Waals surface area contributed by atoms with Gasteiger partial charge in [0.05, 0.1) is 27.4 Å². The molecule has 2 aromatic rings. The number of aliphatic hydroxyl groups is 2. The van der Waals surface area contributed by atoms with Gasteiger partial charge in [-0.25, -0.2) is 0 Å². The molecule has 0 fully saturated rings. The van der Waals surface area contributed by atoms with Crippen molar-refractivity contribution in [2.45, 2.75) is 26.1 Å². The molecule has 0 spiro atoms. The van der Waals surface area contributed by atoms with Gasteiger partial charge in [-0.15, -0.1) is 0 Å². The van der Waals surface area contributed by atoms with Crippen molar-refractivity contribution in [3.8, 4) is 34.5 Å². The zero-order valence-electron chi connectivity index (χ0n) is 22.9. The number of nitrogens with zero attached hydrogens (tertiary/aromatic N) is 2. The second kappa shape index (κ2) is 15.5. The van der Waals surface area contributed by atoms with E-state index in [1.54, 1.807) is 14.2 Å². The van der Waals surface area contributed by atoms with Crippen LogP contribution in [-0.2, 0) is 0 Å². The van der Waals surface area contributed by atoms with Gasteiger partial charge in [-0.3, -0.25) is 9.80 Å². The molecule has 2 aliphatic rings. The number of hydrogen-bond acceptors (Lipinski definition) is 10. The maximum absolute atomic E-state index is 9.00. The maximum Gasteiger partial charge on any atom is 0.204 e. The number of methoxy groups -OCH3 is 2. The molecule has 0 aromatic heterocycles. The molecule has 0 bridgehead atoms. The van der Waals surface area contributed by atoms with Crippen molar-refractivity contribution in [3.05, 3.63) is 36.4 Å². The molecule has 212 valence electrons. The van der Waals surface area contributed by atoms with Gasteiger partial charge >= 0.3 is 0 Å². The van der Waals surface area contributed by atoms with E-state index in [1.165, 1.54) is 0 Å². The third-order valence-corrected chi connectivity index (χ3v) is 6.39. The average Bonchev–Trinajstić information content (AvgIpc) is 2.96. The minimum absolute atomic E-state index is 0.0221. The van der Waals surface area contributed by atoms with Gasteiger partial charge in [0.25, 0.3) is 0 Å². The molecule has 2 heterocycles. The van der Waals surface area contributed by atoms with Crippen LogP contribution in [0.25, 0.3) is 0 Å². The van der Waals surface area contributed by atoms with Gasteiger partial charge in [-0.05, 0) is 37.4 Å². The summed E-state index contributed by atoms with van der Waals surface area (Å²) in [5, 5.41) is 18.0. The topological polar surface area (TPSA) is 102 Å². The quantitative estimate of drug-likeness (QED) is 0.422. The van der Waals surface area contributed by atoms with E-state index in [1.807, 2.05) is 36.4 Å². The van der Waals surface area contributed by atoms with E-state index in [9.17, 15) is 0 Å². The largest absolute Gasteiger partial charge is 0.493 e. The highest BCUT2D eigenvalue weighted by molar-refractivity contribution is 5.52. The van der Waals surface area contributed by atoms with Crippen molar-refractivity contribution in [2.75, 3.05) is 79.9 Å². The first kappa shape index (κ1) is 29.6. The lowest BCUT2D eigenvalue weighted by molar-refractivity contribution is 0.0525. The van der Waals surface area contributed by atoms with Crippen LogP contribution in [0.1, 0.15) is 13.8 Å². The second-order valence-electron chi connectivity index (χ2n) is 8.91. The molecule has 2 N–H and O–H groups in total. The van der Waals surface area contributed by atoms with E-state index in [0.717, 1.165) is 37.7 Å². The van der Waals surface area contributed by atoms with E-state index in [4.69, 9.17) is 38.6 Å². The van der Waals surface area contributed by atoms with Crippen LogP contribution in [0.2, 0.25) is 0 Å². The molecular weight excluding hydrogens is 492 g/mol. The van der Waals surface area contributed by atoms with Crippen LogP contribution < -0.4 is 28.4 Å². The Hall–Kier alpha value is -2.92. The Balaban J connectivity index is 0.000000211. The average molecular weight is 535 g/mol. The van der Waals surface area contributed by atoms with Crippen LogP contribution in [0.3, 0.4) is 0 Å². The van der Waals surface area contributed by atoms with Crippen LogP contribution in [0.5, 0.6) is 34.5 Å². The van der Waals surface area contributed by atoms with Gasteiger partial charge in [0.2, 0.25) is 11.5 Å². The molecule has 2 atom stereocenters. The Labute approximate surface area is 225 Å². The molecule has 10 nitrogen and oxygen atoms in total. The summed E-state index contributed by atoms with van der Waals surface area (Å²) in [6, 6.07) is 11.2. The van der Waals surface area contributed by atoms with Crippen molar-refractivity contribution in [2.24, 2.45) is 0 Å². The number of ether oxygens (including phenoxy) is 6. The Kier molecular flexibility index (Phi) is 12.1. The number of hydrogen-bond donors (Lipinski definition) is 2. The fourth-order valence-corrected chi connectivity index (χ4v) is 4.35. The summed E-state index contributed by atoms with van der Waals surface area (Å²) in [5.74, 6) is 4.16. The number of benzene rings is 2. The van der Waals surface area contributed by atoms with E-state index < -0.39 is 0 Å². The normalized spacial score (nSPS) is 17.6. The molecule has 38 heavy (non-hydrogen) atoms. The highest BCUT2D eigenvalue weighted by atomic mass is 16.6. The predicted octanol–water partition coefficient (Wildman–Crippen LogP) is 2.30. The van der Waals surface area contributed by atoms with Crippen molar-refractivity contribution >= 4 is 0 Å². The molecule has 2 aliphatic heterocycles. The monoisotopic (exact) mass is 534 g/mol. The molecule has 2 aromatic carbocycles. The molecule has 0 saturated carbocycles. The summed E-state index contributed by atoms with van der Waals surface area (Å²) < 4.78 is 33.9. The van der Waals surface area contributed by atoms with Crippen LogP contribution >= 0.6 is 0 Å². The molecule has 10 heteroatoms. The van der Waals surface area contributed by atoms with Crippen LogP contribution in [-0.4, -0.2) is 112 Å². The fourth-order valence-electron chi connectivity index (χ4n) is 4.35. The van der Waals surface area contributed by atoms with Crippen LogP contribution in [0.15, 0.2) is 36.4 Å². The Morgan fingerprint density at radius 3 is 1.82 bits per heavy atom. The third kappa shape index (κ3) is 8.04. The van der Waals surface area contributed by atoms with E-state index in [-0.39, 0.29) is 25.4 Å². The molecule has 0 radical (unpaired) electrons. The van der Waals surface area contributed by atoms with Crippen molar-refractivity contribution in [3.63, 3.8) is 0 Å². The summed E-state index contributed by atoms with van der Waals surface area (Å²) in [6.45, 7) is 9.98. The van der Waals surface area contributed by atoms with Crippen LogP contribution in [0, 0.1) is 0 Å². The Morgan fingerprint density at radius 2 is 1.26 bits per heavy atom. The first-order valence-electron chi connectivity index (χ1n) is 13.2. The zero-order chi connectivity index (χ0) is 27.3. The standard InChI is InChI=1S/2C14H21NO4/c1-3-15(7-8-16)9-11-10-18-14-12(17-2)5-4-6-13(14)19-11;1-3-15(7-8-16)9-11-10-18-13-6-4-5-12(17-2)14(13)19-11/h2*4-6,11,16H,3,7-10H2,1-2H3. The number of aliphatic hydroxyl groups excluding tert-OH is 2. The minimum Gasteiger partial charge on any atom is -0.493 e. The molecule has 0 amide bonds. The molecule has 0 saturated heterocycles. The second-order valence-corrected chi connectivity index (χ2v) is 8.91. The lowest BCUT2D eigenvalue weighted by Crippen LogP contribution is -2.42. The van der Waals surface area contributed by atoms with E-state index in [2.05, 4.69) is 23.6 Å². The lowest BCUT2D eigenvalue weighted by atomic mass is 10.2. The third-order valence-electron chi connectivity index (χ3n) is 6.39. The highest BCUT2D eigenvalue weighted by Crippen LogP contribution is 2.41. The first-order valence-corrected chi connectivity index (χ1v) is 13.2. The van der Waals surface area contributed by atoms with Crippen molar-refractivity contribution in [1.29, 1.82) is 0 Å². The van der Waals surface area contributed by atoms with Gasteiger partial charge in [0.1, 0.15) is 25.4 Å². The molecule has 0 aliphatic carbocycles. The molecule has 4 rings (SSSR count). The van der Waals surface area contributed by atoms with E-state index in [0.29, 0.717) is 49.3 Å². The number of rotatable bonds is 12. The minimum atomic E-state index is -0.0460. The van der Waals surface area contributed by atoms with Gasteiger partial charge in [0.15, 0.2) is 23.0 Å².